The maximum Gasteiger partial charge on any atom is 0.129 e. The summed E-state index contributed by atoms with van der Waals surface area (Å²) < 4.78 is 5.35. The molecule has 0 unspecified atom stereocenters. The lowest BCUT2D eigenvalue weighted by Gasteiger charge is -1.99. The molecule has 0 bridgehead atoms. The molecule has 2 rings (SSSR count). The van der Waals surface area contributed by atoms with Crippen molar-refractivity contribution < 1.29 is 9.52 Å². The van der Waals surface area contributed by atoms with Crippen LogP contribution in [-0.4, -0.2) is 10.1 Å². The second-order valence-corrected chi connectivity index (χ2v) is 4.45. The lowest BCUT2D eigenvalue weighted by Crippen LogP contribution is -2.11. The molecule has 0 fully saturated rings. The minimum atomic E-state index is -0.0499. The van der Waals surface area contributed by atoms with Gasteiger partial charge in [0.15, 0.2) is 0 Å². The van der Waals surface area contributed by atoms with E-state index in [1.807, 2.05) is 18.4 Å². The molecule has 0 aliphatic heterocycles. The maximum absolute atomic E-state index is 8.83. The summed E-state index contributed by atoms with van der Waals surface area (Å²) in [6.45, 7) is 3.33. The maximum atomic E-state index is 8.83. The Morgan fingerprint density at radius 2 is 2.19 bits per heavy atom. The molecule has 0 saturated carbocycles. The smallest absolute Gasteiger partial charge is 0.129 e. The van der Waals surface area contributed by atoms with Crippen LogP contribution in [0.5, 0.6) is 0 Å². The standard InChI is InChI=1S/C11H14N2O2S/c1-8-7-16-11(13-8)5-12-4-9-2-3-10(6-14)15-9/h2-3,7,12,14H,4-6H2,1H3. The first-order valence-electron chi connectivity index (χ1n) is 5.08. The van der Waals surface area contributed by atoms with Gasteiger partial charge in [-0.3, -0.25) is 0 Å². The number of thiazole rings is 1. The Labute approximate surface area is 97.9 Å². The summed E-state index contributed by atoms with van der Waals surface area (Å²) in [6, 6.07) is 3.65. The Hall–Kier alpha value is -1.17. The minimum absolute atomic E-state index is 0.0499. The molecule has 0 atom stereocenters. The highest BCUT2D eigenvalue weighted by atomic mass is 32.1. The summed E-state index contributed by atoms with van der Waals surface area (Å²) in [5, 5.41) is 15.2. The van der Waals surface area contributed by atoms with Gasteiger partial charge in [-0.1, -0.05) is 0 Å². The summed E-state index contributed by atoms with van der Waals surface area (Å²) in [4.78, 5) is 4.35. The van der Waals surface area contributed by atoms with Crippen molar-refractivity contribution in [1.29, 1.82) is 0 Å². The molecular weight excluding hydrogens is 224 g/mol. The van der Waals surface area contributed by atoms with Crippen LogP contribution in [0.1, 0.15) is 22.2 Å². The molecule has 86 valence electrons. The van der Waals surface area contributed by atoms with Crippen molar-refractivity contribution in [3.63, 3.8) is 0 Å². The zero-order valence-electron chi connectivity index (χ0n) is 9.06. The van der Waals surface area contributed by atoms with Gasteiger partial charge in [-0.2, -0.15) is 0 Å². The molecule has 2 aromatic heterocycles. The van der Waals surface area contributed by atoms with Gasteiger partial charge in [0.1, 0.15) is 23.1 Å². The zero-order valence-corrected chi connectivity index (χ0v) is 9.88. The van der Waals surface area contributed by atoms with Crippen molar-refractivity contribution in [2.24, 2.45) is 0 Å². The summed E-state index contributed by atoms with van der Waals surface area (Å²) >= 11 is 1.65. The number of aromatic nitrogens is 1. The number of hydrogen-bond acceptors (Lipinski definition) is 5. The fourth-order valence-corrected chi connectivity index (χ4v) is 2.12. The molecule has 0 radical (unpaired) electrons. The molecule has 4 nitrogen and oxygen atoms in total. The Kier molecular flexibility index (Phi) is 3.71. The van der Waals surface area contributed by atoms with Crippen molar-refractivity contribution in [3.05, 3.63) is 39.7 Å². The van der Waals surface area contributed by atoms with Crippen LogP contribution in [0.25, 0.3) is 0 Å². The second-order valence-electron chi connectivity index (χ2n) is 3.51. The van der Waals surface area contributed by atoms with Crippen molar-refractivity contribution in [3.8, 4) is 0 Å². The first kappa shape index (κ1) is 11.3. The first-order valence-corrected chi connectivity index (χ1v) is 5.96. The number of aliphatic hydroxyl groups excluding tert-OH is 1. The molecule has 2 N–H and O–H groups in total. The Morgan fingerprint density at radius 1 is 1.38 bits per heavy atom. The van der Waals surface area contributed by atoms with Gasteiger partial charge in [0.05, 0.1) is 6.54 Å². The van der Waals surface area contributed by atoms with Crippen LogP contribution in [0.15, 0.2) is 21.9 Å². The van der Waals surface area contributed by atoms with Crippen molar-refractivity contribution in [2.45, 2.75) is 26.6 Å². The van der Waals surface area contributed by atoms with Gasteiger partial charge in [-0.15, -0.1) is 11.3 Å². The van der Waals surface area contributed by atoms with Gasteiger partial charge in [0.2, 0.25) is 0 Å². The van der Waals surface area contributed by atoms with Gasteiger partial charge < -0.3 is 14.8 Å². The van der Waals surface area contributed by atoms with E-state index in [0.717, 1.165) is 23.0 Å². The monoisotopic (exact) mass is 238 g/mol. The minimum Gasteiger partial charge on any atom is -0.462 e. The number of rotatable bonds is 5. The number of aliphatic hydroxyl groups is 1. The molecular formula is C11H14N2O2S. The average Bonchev–Trinajstić information content (AvgIpc) is 2.88. The fraction of sp³-hybridized carbons (Fsp3) is 0.364. The number of furan rings is 1. The van der Waals surface area contributed by atoms with E-state index in [4.69, 9.17) is 9.52 Å². The van der Waals surface area contributed by atoms with E-state index < -0.39 is 0 Å². The summed E-state index contributed by atoms with van der Waals surface area (Å²) in [5.74, 6) is 1.43. The van der Waals surface area contributed by atoms with Crippen LogP contribution in [0.3, 0.4) is 0 Å². The van der Waals surface area contributed by atoms with Crippen molar-refractivity contribution in [1.82, 2.24) is 10.3 Å². The van der Waals surface area contributed by atoms with Crippen molar-refractivity contribution in [2.75, 3.05) is 0 Å². The largest absolute Gasteiger partial charge is 0.462 e. The second kappa shape index (κ2) is 5.25. The van der Waals surface area contributed by atoms with E-state index in [1.54, 1.807) is 17.4 Å². The molecule has 0 aliphatic carbocycles. The molecule has 2 heterocycles. The van der Waals surface area contributed by atoms with Crippen LogP contribution in [0, 0.1) is 6.92 Å². The van der Waals surface area contributed by atoms with E-state index >= 15 is 0 Å². The Balaban J connectivity index is 1.79. The van der Waals surface area contributed by atoms with Gasteiger partial charge in [-0.05, 0) is 19.1 Å². The van der Waals surface area contributed by atoms with Crippen molar-refractivity contribution >= 4 is 11.3 Å². The molecule has 2 aromatic rings. The zero-order chi connectivity index (χ0) is 11.4. The van der Waals surface area contributed by atoms with E-state index in [-0.39, 0.29) is 6.61 Å². The first-order chi connectivity index (χ1) is 7.78. The number of aryl methyl sites for hydroxylation is 1. The van der Waals surface area contributed by atoms with Gasteiger partial charge in [0, 0.05) is 17.6 Å². The third kappa shape index (κ3) is 2.91. The third-order valence-electron chi connectivity index (χ3n) is 2.12. The quantitative estimate of drug-likeness (QED) is 0.834. The van der Waals surface area contributed by atoms with Crippen LogP contribution in [0.2, 0.25) is 0 Å². The van der Waals surface area contributed by atoms with E-state index in [1.165, 1.54) is 0 Å². The highest BCUT2D eigenvalue weighted by molar-refractivity contribution is 7.09. The van der Waals surface area contributed by atoms with E-state index in [2.05, 4.69) is 10.3 Å². The predicted octanol–water partition coefficient (Wildman–Crippen LogP) is 1.83. The summed E-state index contributed by atoms with van der Waals surface area (Å²) in [6.07, 6.45) is 0. The molecule has 0 spiro atoms. The topological polar surface area (TPSA) is 58.3 Å². The van der Waals surface area contributed by atoms with Gasteiger partial charge in [0.25, 0.3) is 0 Å². The molecule has 16 heavy (non-hydrogen) atoms. The number of nitrogens with one attached hydrogen (secondary N) is 1. The van der Waals surface area contributed by atoms with Gasteiger partial charge in [-0.25, -0.2) is 4.98 Å². The van der Waals surface area contributed by atoms with Crippen LogP contribution in [-0.2, 0) is 19.7 Å². The Bertz CT molecular complexity index is 450. The lowest BCUT2D eigenvalue weighted by atomic mass is 10.4. The summed E-state index contributed by atoms with van der Waals surface area (Å²) in [7, 11) is 0. The third-order valence-corrected chi connectivity index (χ3v) is 3.08. The highest BCUT2D eigenvalue weighted by Crippen LogP contribution is 2.10. The van der Waals surface area contributed by atoms with Crippen LogP contribution < -0.4 is 5.32 Å². The molecule has 0 aromatic carbocycles. The molecule has 0 saturated heterocycles. The molecule has 0 aliphatic rings. The average molecular weight is 238 g/mol. The number of nitrogens with zero attached hydrogens (tertiary/aromatic N) is 1. The van der Waals surface area contributed by atoms with E-state index in [9.17, 15) is 0 Å². The lowest BCUT2D eigenvalue weighted by molar-refractivity contribution is 0.242. The Morgan fingerprint density at radius 3 is 2.81 bits per heavy atom. The van der Waals surface area contributed by atoms with Crippen LogP contribution in [0.4, 0.5) is 0 Å². The SMILES string of the molecule is Cc1csc(CNCc2ccc(CO)o2)n1. The van der Waals surface area contributed by atoms with Crippen LogP contribution >= 0.6 is 11.3 Å². The van der Waals surface area contributed by atoms with E-state index in [0.29, 0.717) is 12.3 Å². The van der Waals surface area contributed by atoms with Gasteiger partial charge >= 0.3 is 0 Å². The molecule has 5 heteroatoms. The predicted molar refractivity (Wildman–Crippen MR) is 62.0 cm³/mol. The normalized spacial score (nSPS) is 10.9. The fourth-order valence-electron chi connectivity index (χ4n) is 1.38. The molecule has 0 amide bonds. The number of hydrogen-bond donors (Lipinski definition) is 2. The highest BCUT2D eigenvalue weighted by Gasteiger charge is 2.02. The summed E-state index contributed by atoms with van der Waals surface area (Å²) in [5.41, 5.74) is 1.06.